The van der Waals surface area contributed by atoms with Gasteiger partial charge in [0.25, 0.3) is 5.56 Å². The summed E-state index contributed by atoms with van der Waals surface area (Å²) in [6, 6.07) is 9.70. The third kappa shape index (κ3) is 6.11. The molecule has 3 aromatic heterocycles. The summed E-state index contributed by atoms with van der Waals surface area (Å²) in [6.45, 7) is 13.5. The predicted octanol–water partition coefficient (Wildman–Crippen LogP) is 5.45. The Hall–Kier alpha value is -3.54. The molecule has 1 aliphatic rings. The molecule has 1 saturated heterocycles. The number of carbonyl (C=O) groups is 1. The van der Waals surface area contributed by atoms with E-state index in [1.807, 2.05) is 37.3 Å². The molecule has 10 nitrogen and oxygen atoms in total. The van der Waals surface area contributed by atoms with Crippen LogP contribution in [0, 0.1) is 12.8 Å². The summed E-state index contributed by atoms with van der Waals surface area (Å²) in [7, 11) is 0. The Labute approximate surface area is 254 Å². The normalized spacial score (nSPS) is 17.3. The number of benzene rings is 1. The van der Waals surface area contributed by atoms with Crippen LogP contribution in [0.15, 0.2) is 56.8 Å². The second kappa shape index (κ2) is 11.9. The van der Waals surface area contributed by atoms with Crippen LogP contribution in [0.3, 0.4) is 0 Å². The second-order valence-electron chi connectivity index (χ2n) is 12.5. The van der Waals surface area contributed by atoms with Crippen molar-refractivity contribution in [3.63, 3.8) is 0 Å². The molecule has 5 rings (SSSR count). The number of oxazole rings is 1. The molecule has 1 aliphatic heterocycles. The van der Waals surface area contributed by atoms with Crippen LogP contribution in [0.4, 0.5) is 0 Å². The van der Waals surface area contributed by atoms with E-state index in [2.05, 4.69) is 4.98 Å². The van der Waals surface area contributed by atoms with Gasteiger partial charge in [0.05, 0.1) is 35.7 Å². The van der Waals surface area contributed by atoms with Crippen molar-refractivity contribution < 1.29 is 23.4 Å². The number of esters is 1. The van der Waals surface area contributed by atoms with Crippen LogP contribution in [0.1, 0.15) is 65.2 Å². The SMILES string of the molecule is Cc1c(-c2ncco2)sc2c1c(=O)n(C(C)(C)C(=O)OC(C)(C)C)c(=O)n2CC(OC(C)C1CCOC1)c1ccccc1. The van der Waals surface area contributed by atoms with Gasteiger partial charge in [0.15, 0.2) is 0 Å². The van der Waals surface area contributed by atoms with Gasteiger partial charge in [-0.15, -0.1) is 11.3 Å². The Kier molecular flexibility index (Phi) is 8.52. The van der Waals surface area contributed by atoms with Gasteiger partial charge < -0.3 is 18.6 Å². The average molecular weight is 610 g/mol. The van der Waals surface area contributed by atoms with Gasteiger partial charge in [-0.3, -0.25) is 9.36 Å². The lowest BCUT2D eigenvalue weighted by Crippen LogP contribution is -2.54. The molecular weight excluding hydrogens is 570 g/mol. The van der Waals surface area contributed by atoms with Crippen LogP contribution in [-0.4, -0.2) is 45.0 Å². The minimum atomic E-state index is -1.60. The number of aryl methyl sites for hydroxylation is 1. The van der Waals surface area contributed by atoms with Crippen LogP contribution in [-0.2, 0) is 31.1 Å². The summed E-state index contributed by atoms with van der Waals surface area (Å²) in [4.78, 5) is 47.5. The molecule has 1 fully saturated rings. The molecule has 1 aromatic carbocycles. The molecule has 4 heterocycles. The van der Waals surface area contributed by atoms with E-state index in [4.69, 9.17) is 18.6 Å². The Morgan fingerprint density at radius 2 is 1.88 bits per heavy atom. The molecule has 230 valence electrons. The lowest BCUT2D eigenvalue weighted by Gasteiger charge is -2.31. The quantitative estimate of drug-likeness (QED) is 0.230. The largest absolute Gasteiger partial charge is 0.458 e. The second-order valence-corrected chi connectivity index (χ2v) is 13.5. The summed E-state index contributed by atoms with van der Waals surface area (Å²) in [5.41, 5.74) is -2.12. The van der Waals surface area contributed by atoms with Gasteiger partial charge in [-0.2, -0.15) is 0 Å². The zero-order valence-electron chi connectivity index (χ0n) is 25.7. The van der Waals surface area contributed by atoms with Gasteiger partial charge in [-0.05, 0) is 66.0 Å². The molecule has 11 heteroatoms. The molecule has 0 radical (unpaired) electrons. The van der Waals surface area contributed by atoms with Gasteiger partial charge in [-0.25, -0.2) is 19.1 Å². The van der Waals surface area contributed by atoms with E-state index in [0.717, 1.165) is 16.6 Å². The highest BCUT2D eigenvalue weighted by molar-refractivity contribution is 7.22. The highest BCUT2D eigenvalue weighted by Gasteiger charge is 2.39. The minimum absolute atomic E-state index is 0.104. The number of hydrogen-bond donors (Lipinski definition) is 0. The lowest BCUT2D eigenvalue weighted by molar-refractivity contribution is -0.164. The number of rotatable bonds is 9. The summed E-state index contributed by atoms with van der Waals surface area (Å²) in [5.74, 6) is -0.110. The number of carbonyl (C=O) groups excluding carboxylic acids is 1. The Balaban J connectivity index is 1.72. The molecule has 0 saturated carbocycles. The summed E-state index contributed by atoms with van der Waals surface area (Å²) < 4.78 is 26.1. The van der Waals surface area contributed by atoms with E-state index in [9.17, 15) is 14.4 Å². The Bertz CT molecular complexity index is 1710. The molecule has 43 heavy (non-hydrogen) atoms. The predicted molar refractivity (Wildman–Crippen MR) is 164 cm³/mol. The van der Waals surface area contributed by atoms with E-state index in [0.29, 0.717) is 39.8 Å². The van der Waals surface area contributed by atoms with Gasteiger partial charge >= 0.3 is 11.7 Å². The number of hydrogen-bond acceptors (Lipinski definition) is 9. The highest BCUT2D eigenvalue weighted by Crippen LogP contribution is 2.37. The number of aromatic nitrogens is 3. The van der Waals surface area contributed by atoms with E-state index >= 15 is 0 Å². The van der Waals surface area contributed by atoms with E-state index in [1.165, 1.54) is 37.6 Å². The van der Waals surface area contributed by atoms with Crippen molar-refractivity contribution >= 4 is 27.5 Å². The van der Waals surface area contributed by atoms with Crippen molar-refractivity contribution in [2.24, 2.45) is 5.92 Å². The van der Waals surface area contributed by atoms with Crippen molar-refractivity contribution in [1.29, 1.82) is 0 Å². The molecule has 0 bridgehead atoms. The van der Waals surface area contributed by atoms with Crippen LogP contribution in [0.2, 0.25) is 0 Å². The molecule has 0 spiro atoms. The first kappa shape index (κ1) is 30.9. The smallest absolute Gasteiger partial charge is 0.333 e. The van der Waals surface area contributed by atoms with Crippen molar-refractivity contribution in [3.8, 4) is 10.8 Å². The molecular formula is C32H39N3O7S. The fourth-order valence-electron chi connectivity index (χ4n) is 5.39. The maximum atomic E-state index is 14.4. The van der Waals surface area contributed by atoms with Crippen LogP contribution in [0.25, 0.3) is 21.0 Å². The minimum Gasteiger partial charge on any atom is -0.458 e. The van der Waals surface area contributed by atoms with Gasteiger partial charge in [0.1, 0.15) is 28.3 Å². The maximum absolute atomic E-state index is 14.4. The van der Waals surface area contributed by atoms with Gasteiger partial charge in [0.2, 0.25) is 5.89 Å². The maximum Gasteiger partial charge on any atom is 0.333 e. The molecule has 3 unspecified atom stereocenters. The fourth-order valence-corrected chi connectivity index (χ4v) is 6.63. The van der Waals surface area contributed by atoms with Gasteiger partial charge in [-0.1, -0.05) is 30.3 Å². The summed E-state index contributed by atoms with van der Waals surface area (Å²) in [6.07, 6.45) is 3.22. The number of thiophene rings is 1. The van der Waals surface area contributed by atoms with Gasteiger partial charge in [0, 0.05) is 12.5 Å². The van der Waals surface area contributed by atoms with E-state index in [-0.39, 0.29) is 18.6 Å². The first-order valence-corrected chi connectivity index (χ1v) is 15.3. The van der Waals surface area contributed by atoms with Crippen LogP contribution >= 0.6 is 11.3 Å². The van der Waals surface area contributed by atoms with Crippen molar-refractivity contribution in [3.05, 3.63) is 74.8 Å². The highest BCUT2D eigenvalue weighted by atomic mass is 32.1. The zero-order valence-corrected chi connectivity index (χ0v) is 26.5. The molecule has 0 amide bonds. The zero-order chi connectivity index (χ0) is 31.1. The molecule has 3 atom stereocenters. The standard InChI is InChI=1S/C32H39N3O7S/c1-19-24-27(36)35(32(6,7)29(37)42-31(3,4)5)30(38)34(28(24)43-25(19)26-33-14-16-40-26)17-23(21-11-9-8-10-12-21)41-20(2)22-13-15-39-18-22/h8-12,14,16,20,22-23H,13,15,17-18H2,1-7H3. The number of ether oxygens (including phenoxy) is 3. The molecule has 0 N–H and O–H groups in total. The summed E-state index contributed by atoms with van der Waals surface area (Å²) in [5, 5.41) is 0.318. The fraction of sp³-hybridized carbons (Fsp3) is 0.500. The average Bonchev–Trinajstić information content (AvgIpc) is 3.72. The van der Waals surface area contributed by atoms with E-state index < -0.39 is 34.5 Å². The topological polar surface area (TPSA) is 115 Å². The third-order valence-corrected chi connectivity index (χ3v) is 9.13. The van der Waals surface area contributed by atoms with E-state index in [1.54, 1.807) is 32.3 Å². The van der Waals surface area contributed by atoms with Crippen molar-refractivity contribution in [1.82, 2.24) is 14.1 Å². The lowest BCUT2D eigenvalue weighted by atomic mass is 10.0. The van der Waals surface area contributed by atoms with Crippen LogP contribution < -0.4 is 11.2 Å². The first-order valence-electron chi connectivity index (χ1n) is 14.5. The molecule has 4 aromatic rings. The van der Waals surface area contributed by atoms with Crippen molar-refractivity contribution in [2.45, 2.75) is 84.8 Å². The summed E-state index contributed by atoms with van der Waals surface area (Å²) >= 11 is 1.26. The Morgan fingerprint density at radius 3 is 2.49 bits per heavy atom. The van der Waals surface area contributed by atoms with Crippen molar-refractivity contribution in [2.75, 3.05) is 13.2 Å². The number of fused-ring (bicyclic) bond motifs is 1. The molecule has 0 aliphatic carbocycles. The Morgan fingerprint density at radius 1 is 1.16 bits per heavy atom. The third-order valence-electron chi connectivity index (χ3n) is 7.82. The monoisotopic (exact) mass is 609 g/mol. The first-order chi connectivity index (χ1) is 20.3. The number of nitrogens with zero attached hydrogens (tertiary/aromatic N) is 3. The van der Waals surface area contributed by atoms with Crippen LogP contribution in [0.5, 0.6) is 0 Å².